The van der Waals surface area contributed by atoms with Crippen molar-refractivity contribution < 1.29 is 18.7 Å². The molecule has 33 heavy (non-hydrogen) atoms. The predicted octanol–water partition coefficient (Wildman–Crippen LogP) is 6.48. The van der Waals surface area contributed by atoms with E-state index in [4.69, 9.17) is 26.1 Å². The monoisotopic (exact) mass is 462 g/mol. The molecular formula is C26H20ClFN2O3. The number of anilines is 1. The molecular weight excluding hydrogens is 443 g/mol. The number of aromatic nitrogens is 1. The van der Waals surface area contributed by atoms with Gasteiger partial charge >= 0.3 is 0 Å². The maximum Gasteiger partial charge on any atom is 0.255 e. The molecule has 5 nitrogen and oxygen atoms in total. The minimum Gasteiger partial charge on any atom is -0.497 e. The zero-order chi connectivity index (χ0) is 23.4. The van der Waals surface area contributed by atoms with E-state index >= 15 is 0 Å². The third kappa shape index (κ3) is 4.96. The van der Waals surface area contributed by atoms with E-state index in [2.05, 4.69) is 5.32 Å². The number of hydrogen-bond donors (Lipinski definition) is 1. The number of benzene rings is 3. The van der Waals surface area contributed by atoms with Gasteiger partial charge < -0.3 is 14.8 Å². The number of nitrogens with one attached hydrogen (secondary N) is 1. The van der Waals surface area contributed by atoms with Crippen LogP contribution in [0.2, 0.25) is 5.02 Å². The zero-order valence-corrected chi connectivity index (χ0v) is 18.7. The molecule has 0 radical (unpaired) electrons. The number of pyridine rings is 1. The van der Waals surface area contributed by atoms with Crippen molar-refractivity contribution in [3.05, 3.63) is 95.3 Å². The second-order valence-electron chi connectivity index (χ2n) is 7.14. The van der Waals surface area contributed by atoms with Crippen LogP contribution in [0.1, 0.15) is 10.4 Å². The lowest BCUT2D eigenvalue weighted by atomic mass is 10.1. The van der Waals surface area contributed by atoms with E-state index in [1.165, 1.54) is 12.1 Å². The molecule has 4 rings (SSSR count). The molecule has 0 aliphatic carbocycles. The normalized spacial score (nSPS) is 10.5. The molecule has 1 heterocycles. The van der Waals surface area contributed by atoms with Crippen molar-refractivity contribution in [1.29, 1.82) is 0 Å². The Kier molecular flexibility index (Phi) is 6.56. The highest BCUT2D eigenvalue weighted by Gasteiger charge is 2.12. The number of methoxy groups -OCH3 is 2. The summed E-state index contributed by atoms with van der Waals surface area (Å²) in [4.78, 5) is 17.4. The minimum atomic E-state index is -0.575. The molecule has 0 saturated carbocycles. The second kappa shape index (κ2) is 9.71. The minimum absolute atomic E-state index is 0.106. The van der Waals surface area contributed by atoms with Gasteiger partial charge in [0.1, 0.15) is 17.3 Å². The number of carbonyl (C=O) groups is 1. The first kappa shape index (κ1) is 22.3. The van der Waals surface area contributed by atoms with Crippen molar-refractivity contribution in [3.63, 3.8) is 0 Å². The highest BCUT2D eigenvalue weighted by molar-refractivity contribution is 6.31. The van der Waals surface area contributed by atoms with E-state index in [9.17, 15) is 9.18 Å². The summed E-state index contributed by atoms with van der Waals surface area (Å²) in [6.45, 7) is 0. The van der Waals surface area contributed by atoms with E-state index in [-0.39, 0.29) is 10.6 Å². The highest BCUT2D eigenvalue weighted by atomic mass is 35.5. The van der Waals surface area contributed by atoms with Crippen LogP contribution in [0.4, 0.5) is 10.1 Å². The number of carbonyl (C=O) groups excluding carboxylic acids is 1. The van der Waals surface area contributed by atoms with Gasteiger partial charge in [0.2, 0.25) is 0 Å². The molecule has 1 aromatic heterocycles. The number of ether oxygens (including phenoxy) is 2. The van der Waals surface area contributed by atoms with Gasteiger partial charge in [-0.25, -0.2) is 9.37 Å². The first-order valence-electron chi connectivity index (χ1n) is 10.0. The van der Waals surface area contributed by atoms with Crippen LogP contribution in [0.3, 0.4) is 0 Å². The summed E-state index contributed by atoms with van der Waals surface area (Å²) in [6.07, 6.45) is 0. The molecule has 4 aromatic rings. The molecule has 7 heteroatoms. The van der Waals surface area contributed by atoms with Crippen molar-refractivity contribution >= 4 is 23.2 Å². The van der Waals surface area contributed by atoms with Gasteiger partial charge in [0, 0.05) is 22.4 Å². The van der Waals surface area contributed by atoms with Crippen molar-refractivity contribution in [2.75, 3.05) is 19.5 Å². The fourth-order valence-corrected chi connectivity index (χ4v) is 3.54. The van der Waals surface area contributed by atoms with Crippen molar-refractivity contribution in [3.8, 4) is 34.0 Å². The van der Waals surface area contributed by atoms with Gasteiger partial charge in [-0.15, -0.1) is 0 Å². The summed E-state index contributed by atoms with van der Waals surface area (Å²) in [5.41, 5.74) is 3.89. The third-order valence-electron chi connectivity index (χ3n) is 5.03. The van der Waals surface area contributed by atoms with Gasteiger partial charge in [-0.1, -0.05) is 29.8 Å². The van der Waals surface area contributed by atoms with E-state index in [0.717, 1.165) is 28.6 Å². The zero-order valence-electron chi connectivity index (χ0n) is 17.9. The average Bonchev–Trinajstić information content (AvgIpc) is 2.85. The van der Waals surface area contributed by atoms with Gasteiger partial charge in [-0.3, -0.25) is 4.79 Å². The van der Waals surface area contributed by atoms with Crippen LogP contribution in [0.25, 0.3) is 22.5 Å². The summed E-state index contributed by atoms with van der Waals surface area (Å²) in [6, 6.07) is 22.4. The molecule has 166 valence electrons. The van der Waals surface area contributed by atoms with Gasteiger partial charge in [0.25, 0.3) is 5.91 Å². The Morgan fingerprint density at radius 3 is 2.45 bits per heavy atom. The van der Waals surface area contributed by atoms with Crippen LogP contribution in [0, 0.1) is 5.82 Å². The van der Waals surface area contributed by atoms with E-state index in [1.54, 1.807) is 20.3 Å². The number of halogens is 2. The summed E-state index contributed by atoms with van der Waals surface area (Å²) < 4.78 is 24.2. The Morgan fingerprint density at radius 2 is 1.70 bits per heavy atom. The van der Waals surface area contributed by atoms with Crippen LogP contribution in [-0.4, -0.2) is 25.1 Å². The van der Waals surface area contributed by atoms with Crippen molar-refractivity contribution in [2.24, 2.45) is 0 Å². The molecule has 1 amide bonds. The van der Waals surface area contributed by atoms with E-state index < -0.39 is 11.7 Å². The van der Waals surface area contributed by atoms with Crippen molar-refractivity contribution in [1.82, 2.24) is 4.98 Å². The van der Waals surface area contributed by atoms with Gasteiger partial charge in [0.15, 0.2) is 0 Å². The molecule has 1 N–H and O–H groups in total. The standard InChI is InChI=1S/C26H20ClFN2O3/c1-32-19-10-12-25(33-2)20(15-19)24-8-4-7-23(30-24)16-5-3-6-18(13-16)29-26(31)17-9-11-22(28)21(27)14-17/h3-15H,1-2H3,(H,29,31). The first-order valence-corrected chi connectivity index (χ1v) is 10.4. The van der Waals surface area contributed by atoms with Gasteiger partial charge in [-0.05, 0) is 60.7 Å². The Hall–Kier alpha value is -3.90. The van der Waals surface area contributed by atoms with Crippen LogP contribution in [0.15, 0.2) is 78.9 Å². The fourth-order valence-electron chi connectivity index (χ4n) is 3.36. The van der Waals surface area contributed by atoms with E-state index in [1.807, 2.05) is 54.6 Å². The van der Waals surface area contributed by atoms with Gasteiger partial charge in [0.05, 0.1) is 30.6 Å². The lowest BCUT2D eigenvalue weighted by molar-refractivity contribution is 0.102. The maximum absolute atomic E-state index is 13.4. The summed E-state index contributed by atoms with van der Waals surface area (Å²) in [5, 5.41) is 2.70. The quantitative estimate of drug-likeness (QED) is 0.356. The lowest BCUT2D eigenvalue weighted by Gasteiger charge is -2.12. The highest BCUT2D eigenvalue weighted by Crippen LogP contribution is 2.33. The van der Waals surface area contributed by atoms with Crippen molar-refractivity contribution in [2.45, 2.75) is 0 Å². The Morgan fingerprint density at radius 1 is 0.909 bits per heavy atom. The molecule has 0 fully saturated rings. The third-order valence-corrected chi connectivity index (χ3v) is 5.32. The largest absolute Gasteiger partial charge is 0.497 e. The maximum atomic E-state index is 13.4. The van der Waals surface area contributed by atoms with Gasteiger partial charge in [-0.2, -0.15) is 0 Å². The Labute approximate surface area is 195 Å². The Bertz CT molecular complexity index is 1330. The predicted molar refractivity (Wildman–Crippen MR) is 128 cm³/mol. The topological polar surface area (TPSA) is 60.5 Å². The molecule has 0 aliphatic rings. The second-order valence-corrected chi connectivity index (χ2v) is 7.55. The molecule has 0 unspecified atom stereocenters. The summed E-state index contributed by atoms with van der Waals surface area (Å²) >= 11 is 5.79. The lowest BCUT2D eigenvalue weighted by Crippen LogP contribution is -2.12. The molecule has 0 spiro atoms. The Balaban J connectivity index is 1.63. The molecule has 0 bridgehead atoms. The molecule has 0 saturated heterocycles. The SMILES string of the molecule is COc1ccc(OC)c(-c2cccc(-c3cccc(NC(=O)c4ccc(F)c(Cl)c4)c3)n2)c1. The number of hydrogen-bond acceptors (Lipinski definition) is 4. The first-order chi connectivity index (χ1) is 16.0. The number of rotatable bonds is 6. The number of amides is 1. The molecule has 0 atom stereocenters. The van der Waals surface area contributed by atoms with E-state index in [0.29, 0.717) is 17.2 Å². The van der Waals surface area contributed by atoms with Crippen LogP contribution >= 0.6 is 11.6 Å². The van der Waals surface area contributed by atoms with Crippen LogP contribution < -0.4 is 14.8 Å². The van der Waals surface area contributed by atoms with Crippen LogP contribution in [0.5, 0.6) is 11.5 Å². The number of nitrogens with zero attached hydrogens (tertiary/aromatic N) is 1. The smallest absolute Gasteiger partial charge is 0.255 e. The van der Waals surface area contributed by atoms with Crippen LogP contribution in [-0.2, 0) is 0 Å². The average molecular weight is 463 g/mol. The molecule has 3 aromatic carbocycles. The summed E-state index contributed by atoms with van der Waals surface area (Å²) in [5.74, 6) is 0.411. The summed E-state index contributed by atoms with van der Waals surface area (Å²) in [7, 11) is 3.21. The fraction of sp³-hybridized carbons (Fsp3) is 0.0769. The molecule has 0 aliphatic heterocycles.